The molecule has 1 unspecified atom stereocenters. The molecule has 106 valence electrons. The van der Waals surface area contributed by atoms with Gasteiger partial charge in [0.25, 0.3) is 0 Å². The second-order valence-electron chi connectivity index (χ2n) is 5.68. The minimum atomic E-state index is 0.440. The van der Waals surface area contributed by atoms with Gasteiger partial charge in [-0.2, -0.15) is 11.8 Å². The van der Waals surface area contributed by atoms with Gasteiger partial charge >= 0.3 is 0 Å². The van der Waals surface area contributed by atoms with Crippen molar-refractivity contribution in [3.05, 3.63) is 23.3 Å². The number of nitrogens with one attached hydrogen (secondary N) is 1. The molecule has 3 nitrogen and oxygen atoms in total. The monoisotopic (exact) mass is 279 g/mol. The Morgan fingerprint density at radius 1 is 1.42 bits per heavy atom. The summed E-state index contributed by atoms with van der Waals surface area (Å²) in [5, 5.41) is 3.39. The van der Waals surface area contributed by atoms with Crippen LogP contribution in [0.4, 0.5) is 0 Å². The highest BCUT2D eigenvalue weighted by Gasteiger charge is 2.19. The highest BCUT2D eigenvalue weighted by atomic mass is 32.2. The Bertz CT molecular complexity index is 406. The summed E-state index contributed by atoms with van der Waals surface area (Å²) in [6.07, 6.45) is 6.90. The van der Waals surface area contributed by atoms with E-state index >= 15 is 0 Å². The average Bonchev–Trinajstić information content (AvgIpc) is 2.59. The Balaban J connectivity index is 2.07. The number of nitrogens with zero attached hydrogens (tertiary/aromatic N) is 2. The van der Waals surface area contributed by atoms with E-state index in [2.05, 4.69) is 30.3 Å². The summed E-state index contributed by atoms with van der Waals surface area (Å²) in [6.45, 7) is 4.50. The van der Waals surface area contributed by atoms with E-state index in [-0.39, 0.29) is 0 Å². The van der Waals surface area contributed by atoms with Crippen molar-refractivity contribution in [3.63, 3.8) is 0 Å². The first kappa shape index (κ1) is 14.8. The number of fused-ring (bicyclic) bond motifs is 1. The molecule has 0 saturated heterocycles. The molecule has 0 fully saturated rings. The van der Waals surface area contributed by atoms with E-state index in [0.717, 1.165) is 23.9 Å². The van der Waals surface area contributed by atoms with E-state index < -0.39 is 0 Å². The van der Waals surface area contributed by atoms with Crippen LogP contribution in [0.3, 0.4) is 0 Å². The number of hydrogen-bond acceptors (Lipinski definition) is 4. The molecular formula is C15H25N3S. The summed E-state index contributed by atoms with van der Waals surface area (Å²) in [4.78, 5) is 9.35. The van der Waals surface area contributed by atoms with Crippen molar-refractivity contribution in [2.75, 3.05) is 12.8 Å². The molecule has 1 aromatic heterocycles. The fraction of sp³-hybridized carbons (Fsp3) is 0.733. The van der Waals surface area contributed by atoms with Crippen LogP contribution < -0.4 is 5.32 Å². The van der Waals surface area contributed by atoms with Gasteiger partial charge in [0.2, 0.25) is 0 Å². The first-order valence-electron chi connectivity index (χ1n) is 7.30. The zero-order valence-electron chi connectivity index (χ0n) is 12.3. The number of hydrogen-bond donors (Lipinski definition) is 1. The number of aromatic nitrogens is 2. The third-order valence-electron chi connectivity index (χ3n) is 3.51. The highest BCUT2D eigenvalue weighted by Crippen LogP contribution is 2.27. The Kier molecular flexibility index (Phi) is 5.64. The molecule has 0 radical (unpaired) electrons. The van der Waals surface area contributed by atoms with Crippen molar-refractivity contribution in [1.29, 1.82) is 0 Å². The van der Waals surface area contributed by atoms with E-state index in [1.807, 2.05) is 18.8 Å². The molecule has 0 aromatic carbocycles. The van der Waals surface area contributed by atoms with Crippen molar-refractivity contribution in [2.45, 2.75) is 51.3 Å². The van der Waals surface area contributed by atoms with E-state index in [9.17, 15) is 0 Å². The summed E-state index contributed by atoms with van der Waals surface area (Å²) < 4.78 is 0. The fourth-order valence-electron chi connectivity index (χ4n) is 2.51. The van der Waals surface area contributed by atoms with Crippen LogP contribution in [0, 0.1) is 5.92 Å². The molecule has 0 saturated carbocycles. The summed E-state index contributed by atoms with van der Waals surface area (Å²) in [7, 11) is 2.03. The molecule has 19 heavy (non-hydrogen) atoms. The Labute approximate surface area is 121 Å². The summed E-state index contributed by atoms with van der Waals surface area (Å²) in [5.74, 6) is 3.86. The lowest BCUT2D eigenvalue weighted by atomic mass is 10.1. The van der Waals surface area contributed by atoms with Crippen LogP contribution in [0.5, 0.6) is 0 Å². The molecule has 2 rings (SSSR count). The highest BCUT2D eigenvalue weighted by molar-refractivity contribution is 7.98. The molecule has 1 heterocycles. The molecule has 1 aliphatic carbocycles. The molecule has 4 heteroatoms. The third-order valence-corrected chi connectivity index (χ3v) is 4.88. The number of rotatable bonds is 5. The fourth-order valence-corrected chi connectivity index (χ4v) is 3.42. The van der Waals surface area contributed by atoms with Crippen molar-refractivity contribution < 1.29 is 0 Å². The number of thioether (sulfide) groups is 1. The van der Waals surface area contributed by atoms with Crippen LogP contribution >= 0.6 is 11.8 Å². The molecule has 1 aromatic rings. The van der Waals surface area contributed by atoms with Gasteiger partial charge in [0.1, 0.15) is 5.82 Å². The van der Waals surface area contributed by atoms with E-state index in [1.165, 1.54) is 36.3 Å². The SMILES string of the molecule is CNC1CCCCc2nc(CSCC(C)C)ncc21. The largest absolute Gasteiger partial charge is 0.313 e. The maximum atomic E-state index is 4.80. The minimum absolute atomic E-state index is 0.440. The zero-order valence-corrected chi connectivity index (χ0v) is 13.1. The van der Waals surface area contributed by atoms with E-state index in [0.29, 0.717) is 6.04 Å². The maximum Gasteiger partial charge on any atom is 0.138 e. The second kappa shape index (κ2) is 7.25. The normalized spacial score (nSPS) is 19.3. The average molecular weight is 279 g/mol. The van der Waals surface area contributed by atoms with Crippen molar-refractivity contribution >= 4 is 11.8 Å². The Morgan fingerprint density at radius 2 is 2.26 bits per heavy atom. The summed E-state index contributed by atoms with van der Waals surface area (Å²) >= 11 is 1.94. The van der Waals surface area contributed by atoms with Gasteiger partial charge in [-0.1, -0.05) is 20.3 Å². The molecular weight excluding hydrogens is 254 g/mol. The quantitative estimate of drug-likeness (QED) is 0.839. The second-order valence-corrected chi connectivity index (χ2v) is 6.71. The molecule has 0 bridgehead atoms. The topological polar surface area (TPSA) is 37.8 Å². The van der Waals surface area contributed by atoms with Gasteiger partial charge in [0.05, 0.1) is 5.75 Å². The smallest absolute Gasteiger partial charge is 0.138 e. The predicted octanol–water partition coefficient (Wildman–Crippen LogP) is 3.35. The van der Waals surface area contributed by atoms with E-state index in [1.54, 1.807) is 0 Å². The van der Waals surface area contributed by atoms with Gasteiger partial charge in [-0.15, -0.1) is 0 Å². The van der Waals surface area contributed by atoms with Crippen LogP contribution in [0.15, 0.2) is 6.20 Å². The van der Waals surface area contributed by atoms with Gasteiger partial charge in [-0.25, -0.2) is 9.97 Å². The molecule has 0 aliphatic heterocycles. The van der Waals surface area contributed by atoms with Gasteiger partial charge in [-0.05, 0) is 38.0 Å². The van der Waals surface area contributed by atoms with Crippen LogP contribution in [-0.2, 0) is 12.2 Å². The van der Waals surface area contributed by atoms with Crippen LogP contribution in [0.2, 0.25) is 0 Å². The molecule has 1 atom stereocenters. The first-order valence-corrected chi connectivity index (χ1v) is 8.46. The lowest BCUT2D eigenvalue weighted by molar-refractivity contribution is 0.531. The maximum absolute atomic E-state index is 4.80. The molecule has 1 aliphatic rings. The van der Waals surface area contributed by atoms with Gasteiger partial charge in [0.15, 0.2) is 0 Å². The van der Waals surface area contributed by atoms with Crippen LogP contribution in [0.1, 0.15) is 56.2 Å². The lowest BCUT2D eigenvalue weighted by Crippen LogP contribution is -2.18. The predicted molar refractivity (Wildman–Crippen MR) is 82.4 cm³/mol. The summed E-state index contributed by atoms with van der Waals surface area (Å²) in [5.41, 5.74) is 2.59. The van der Waals surface area contributed by atoms with Crippen molar-refractivity contribution in [2.24, 2.45) is 5.92 Å². The molecule has 0 spiro atoms. The van der Waals surface area contributed by atoms with Gasteiger partial charge in [0, 0.05) is 23.5 Å². The van der Waals surface area contributed by atoms with Crippen LogP contribution in [-0.4, -0.2) is 22.8 Å². The standard InChI is InChI=1S/C15H25N3S/c1-11(2)9-19-10-15-17-8-12-13(16-3)6-4-5-7-14(12)18-15/h8,11,13,16H,4-7,9-10H2,1-3H3. The lowest BCUT2D eigenvalue weighted by Gasteiger charge is -2.16. The van der Waals surface area contributed by atoms with Gasteiger partial charge in [-0.3, -0.25) is 0 Å². The first-order chi connectivity index (χ1) is 9.20. The van der Waals surface area contributed by atoms with Gasteiger partial charge < -0.3 is 5.32 Å². The zero-order chi connectivity index (χ0) is 13.7. The summed E-state index contributed by atoms with van der Waals surface area (Å²) in [6, 6.07) is 0.440. The molecule has 0 amide bonds. The Morgan fingerprint density at radius 3 is 3.00 bits per heavy atom. The minimum Gasteiger partial charge on any atom is -0.313 e. The van der Waals surface area contributed by atoms with E-state index in [4.69, 9.17) is 4.98 Å². The molecule has 1 N–H and O–H groups in total. The van der Waals surface area contributed by atoms with Crippen molar-refractivity contribution in [1.82, 2.24) is 15.3 Å². The third kappa shape index (κ3) is 4.18. The number of aryl methyl sites for hydroxylation is 1. The van der Waals surface area contributed by atoms with Crippen molar-refractivity contribution in [3.8, 4) is 0 Å². The van der Waals surface area contributed by atoms with Crippen LogP contribution in [0.25, 0.3) is 0 Å². The Hall–Kier alpha value is -0.610.